The third kappa shape index (κ3) is 3.41. The Morgan fingerprint density at radius 3 is 2.72 bits per heavy atom. The summed E-state index contributed by atoms with van der Waals surface area (Å²) in [6, 6.07) is 16.2. The molecule has 0 N–H and O–H groups in total. The zero-order chi connectivity index (χ0) is 17.2. The van der Waals surface area contributed by atoms with Crippen LogP contribution < -0.4 is 0 Å². The molecule has 0 spiro atoms. The number of imidazole rings is 1. The second-order valence-corrected chi connectivity index (χ2v) is 7.12. The van der Waals surface area contributed by atoms with E-state index in [0.717, 1.165) is 28.6 Å². The molecule has 25 heavy (non-hydrogen) atoms. The van der Waals surface area contributed by atoms with Gasteiger partial charge >= 0.3 is 0 Å². The highest BCUT2D eigenvalue weighted by molar-refractivity contribution is 7.98. The summed E-state index contributed by atoms with van der Waals surface area (Å²) in [7, 11) is 1.94. The Kier molecular flexibility index (Phi) is 4.46. The van der Waals surface area contributed by atoms with Crippen molar-refractivity contribution < 1.29 is 0 Å². The molecule has 0 amide bonds. The summed E-state index contributed by atoms with van der Waals surface area (Å²) in [6.07, 6.45) is 1.70. The molecule has 2 heterocycles. The van der Waals surface area contributed by atoms with E-state index in [4.69, 9.17) is 16.6 Å². The molecule has 0 aliphatic heterocycles. The Morgan fingerprint density at radius 2 is 1.96 bits per heavy atom. The number of fused-ring (bicyclic) bond motifs is 1. The van der Waals surface area contributed by atoms with Crippen molar-refractivity contribution in [3.63, 3.8) is 0 Å². The van der Waals surface area contributed by atoms with Gasteiger partial charge in [-0.15, -0.1) is 10.2 Å². The number of thioether (sulfide) groups is 1. The highest BCUT2D eigenvalue weighted by atomic mass is 35.5. The Morgan fingerprint density at radius 1 is 1.12 bits per heavy atom. The van der Waals surface area contributed by atoms with Crippen LogP contribution in [0.1, 0.15) is 11.4 Å². The summed E-state index contributed by atoms with van der Waals surface area (Å²) in [6.45, 7) is 0.772. The monoisotopic (exact) mass is 369 g/mol. The first-order valence-electron chi connectivity index (χ1n) is 7.86. The average Bonchev–Trinajstić information content (AvgIpc) is 3.17. The summed E-state index contributed by atoms with van der Waals surface area (Å²) >= 11 is 7.77. The Bertz CT molecular complexity index is 1010. The number of benzene rings is 2. The maximum Gasteiger partial charge on any atom is 0.191 e. The van der Waals surface area contributed by atoms with Crippen molar-refractivity contribution in [3.05, 3.63) is 71.3 Å². The topological polar surface area (TPSA) is 48.5 Å². The molecular weight excluding hydrogens is 354 g/mol. The molecule has 0 unspecified atom stereocenters. The molecule has 2 aromatic carbocycles. The number of halogens is 1. The van der Waals surface area contributed by atoms with Gasteiger partial charge in [0.05, 0.1) is 16.8 Å². The number of aromatic nitrogens is 5. The van der Waals surface area contributed by atoms with Crippen molar-refractivity contribution in [2.24, 2.45) is 7.05 Å². The van der Waals surface area contributed by atoms with Crippen LogP contribution in [-0.2, 0) is 19.3 Å². The van der Waals surface area contributed by atoms with Crippen LogP contribution in [0.5, 0.6) is 0 Å². The van der Waals surface area contributed by atoms with Gasteiger partial charge in [-0.1, -0.05) is 53.7 Å². The van der Waals surface area contributed by atoms with Crippen LogP contribution in [0.4, 0.5) is 0 Å². The quantitative estimate of drug-likeness (QED) is 0.496. The zero-order valence-electron chi connectivity index (χ0n) is 13.6. The van der Waals surface area contributed by atoms with Crippen molar-refractivity contribution in [1.82, 2.24) is 24.3 Å². The van der Waals surface area contributed by atoms with Crippen LogP contribution in [0.3, 0.4) is 0 Å². The van der Waals surface area contributed by atoms with Gasteiger partial charge in [0.25, 0.3) is 0 Å². The predicted molar refractivity (Wildman–Crippen MR) is 101 cm³/mol. The molecule has 126 valence electrons. The molecular formula is C18H16ClN5S. The smallest absolute Gasteiger partial charge is 0.191 e. The summed E-state index contributed by atoms with van der Waals surface area (Å²) in [5.41, 5.74) is 3.24. The van der Waals surface area contributed by atoms with Crippen LogP contribution in [0.25, 0.3) is 11.0 Å². The minimum absolute atomic E-state index is 0.698. The maximum absolute atomic E-state index is 6.14. The Labute approximate surface area is 154 Å². The third-order valence-corrected chi connectivity index (χ3v) is 5.24. The Hall–Kier alpha value is -2.31. The molecule has 0 atom stereocenters. The minimum atomic E-state index is 0.698. The van der Waals surface area contributed by atoms with Gasteiger partial charge in [0.1, 0.15) is 12.2 Å². The molecule has 0 saturated carbocycles. The lowest BCUT2D eigenvalue weighted by atomic mass is 10.2. The first-order valence-corrected chi connectivity index (χ1v) is 9.22. The van der Waals surface area contributed by atoms with E-state index in [1.54, 1.807) is 18.1 Å². The first-order chi connectivity index (χ1) is 12.2. The van der Waals surface area contributed by atoms with Gasteiger partial charge < -0.3 is 9.13 Å². The molecule has 4 aromatic rings. The lowest BCUT2D eigenvalue weighted by molar-refractivity contribution is 0.770. The lowest BCUT2D eigenvalue weighted by Crippen LogP contribution is -2.04. The molecule has 5 nitrogen and oxygen atoms in total. The summed E-state index contributed by atoms with van der Waals surface area (Å²) < 4.78 is 4.15. The molecule has 0 bridgehead atoms. The number of nitrogens with zero attached hydrogens (tertiary/aromatic N) is 5. The highest BCUT2D eigenvalue weighted by Gasteiger charge is 2.13. The van der Waals surface area contributed by atoms with E-state index in [1.807, 2.05) is 35.9 Å². The van der Waals surface area contributed by atoms with Crippen LogP contribution in [-0.4, -0.2) is 24.3 Å². The molecule has 0 saturated heterocycles. The molecule has 0 aliphatic rings. The largest absolute Gasteiger partial charge is 0.323 e. The average molecular weight is 370 g/mol. The SMILES string of the molecule is Cn1cnnc1SCc1nc2cc(Cl)ccc2n1Cc1ccccc1. The van der Waals surface area contributed by atoms with Gasteiger partial charge in [0.15, 0.2) is 5.16 Å². The summed E-state index contributed by atoms with van der Waals surface area (Å²) in [5, 5.41) is 9.63. The van der Waals surface area contributed by atoms with Crippen molar-refractivity contribution in [2.45, 2.75) is 17.5 Å². The van der Waals surface area contributed by atoms with Crippen molar-refractivity contribution in [1.29, 1.82) is 0 Å². The lowest BCUT2D eigenvalue weighted by Gasteiger charge is -2.09. The fourth-order valence-corrected chi connectivity index (χ4v) is 3.74. The fourth-order valence-electron chi connectivity index (χ4n) is 2.74. The molecule has 4 rings (SSSR count). The van der Waals surface area contributed by atoms with Gasteiger partial charge in [0, 0.05) is 18.6 Å². The van der Waals surface area contributed by atoms with Crippen LogP contribution in [0.2, 0.25) is 5.02 Å². The van der Waals surface area contributed by atoms with Crippen molar-refractivity contribution in [2.75, 3.05) is 0 Å². The number of hydrogen-bond donors (Lipinski definition) is 0. The third-order valence-electron chi connectivity index (χ3n) is 3.97. The standard InChI is InChI=1S/C18H16ClN5S/c1-23-12-20-22-18(23)25-11-17-21-15-9-14(19)7-8-16(15)24(17)10-13-5-3-2-4-6-13/h2-9,12H,10-11H2,1H3. The predicted octanol–water partition coefficient (Wildman–Crippen LogP) is 4.16. The van der Waals surface area contributed by atoms with E-state index < -0.39 is 0 Å². The number of rotatable bonds is 5. The van der Waals surface area contributed by atoms with E-state index in [1.165, 1.54) is 5.56 Å². The molecule has 7 heteroatoms. The van der Waals surface area contributed by atoms with Gasteiger partial charge in [-0.2, -0.15) is 0 Å². The summed E-state index contributed by atoms with van der Waals surface area (Å²) in [5.74, 6) is 1.71. The second-order valence-electron chi connectivity index (χ2n) is 5.75. The van der Waals surface area contributed by atoms with Crippen LogP contribution >= 0.6 is 23.4 Å². The zero-order valence-corrected chi connectivity index (χ0v) is 15.2. The van der Waals surface area contributed by atoms with Gasteiger partial charge in [0.2, 0.25) is 0 Å². The van der Waals surface area contributed by atoms with Crippen LogP contribution in [0, 0.1) is 0 Å². The van der Waals surface area contributed by atoms with Gasteiger partial charge in [-0.3, -0.25) is 0 Å². The van der Waals surface area contributed by atoms with Gasteiger partial charge in [-0.25, -0.2) is 4.98 Å². The first kappa shape index (κ1) is 16.2. The van der Waals surface area contributed by atoms with Crippen LogP contribution in [0.15, 0.2) is 60.0 Å². The molecule has 0 aliphatic carbocycles. The fraction of sp³-hybridized carbons (Fsp3) is 0.167. The van der Waals surface area contributed by atoms with E-state index >= 15 is 0 Å². The van der Waals surface area contributed by atoms with Crippen molar-refractivity contribution in [3.8, 4) is 0 Å². The molecule has 0 fully saturated rings. The molecule has 2 aromatic heterocycles. The normalized spacial score (nSPS) is 11.3. The van der Waals surface area contributed by atoms with Gasteiger partial charge in [-0.05, 0) is 23.8 Å². The highest BCUT2D eigenvalue weighted by Crippen LogP contribution is 2.26. The number of aryl methyl sites for hydroxylation is 1. The van der Waals surface area contributed by atoms with E-state index in [2.05, 4.69) is 39.0 Å². The molecule has 0 radical (unpaired) electrons. The number of hydrogen-bond acceptors (Lipinski definition) is 4. The Balaban J connectivity index is 1.71. The summed E-state index contributed by atoms with van der Waals surface area (Å²) in [4.78, 5) is 4.80. The van der Waals surface area contributed by atoms with E-state index in [9.17, 15) is 0 Å². The minimum Gasteiger partial charge on any atom is -0.323 e. The van der Waals surface area contributed by atoms with E-state index in [0.29, 0.717) is 10.8 Å². The second kappa shape index (κ2) is 6.90. The maximum atomic E-state index is 6.14. The van der Waals surface area contributed by atoms with Crippen molar-refractivity contribution >= 4 is 34.4 Å². The van der Waals surface area contributed by atoms with E-state index in [-0.39, 0.29) is 0 Å².